The Balaban J connectivity index is 1.79. The van der Waals surface area contributed by atoms with Crippen LogP contribution in [0.4, 0.5) is 0 Å². The number of hydrogen-bond donors (Lipinski definition) is 2. The number of aromatic nitrogens is 2. The summed E-state index contributed by atoms with van der Waals surface area (Å²) in [6, 6.07) is 8.61. The lowest BCUT2D eigenvalue weighted by atomic mass is 10.3. The molecule has 0 spiro atoms. The molecule has 94 valence electrons. The Kier molecular flexibility index (Phi) is 2.66. The van der Waals surface area contributed by atoms with Crippen LogP contribution in [-0.4, -0.2) is 21.6 Å². The van der Waals surface area contributed by atoms with E-state index >= 15 is 0 Å². The van der Waals surface area contributed by atoms with Crippen LogP contribution >= 0.6 is 0 Å². The molecule has 3 N–H and O–H groups in total. The fourth-order valence-corrected chi connectivity index (χ4v) is 1.98. The van der Waals surface area contributed by atoms with E-state index in [0.29, 0.717) is 18.5 Å². The molecule has 18 heavy (non-hydrogen) atoms. The molecule has 1 heterocycles. The quantitative estimate of drug-likeness (QED) is 0.627. The molecule has 1 aromatic carbocycles. The Morgan fingerprint density at radius 2 is 2.28 bits per heavy atom. The van der Waals surface area contributed by atoms with Crippen molar-refractivity contribution in [1.29, 1.82) is 0 Å². The third-order valence-electron chi connectivity index (χ3n) is 3.20. The van der Waals surface area contributed by atoms with E-state index in [1.807, 2.05) is 25.2 Å². The molecule has 0 atom stereocenters. The highest BCUT2D eigenvalue weighted by Crippen LogP contribution is 2.18. The van der Waals surface area contributed by atoms with Crippen LogP contribution in [0.15, 0.2) is 29.3 Å². The smallest absolute Gasteiger partial charge is 0.189 e. The Hall–Kier alpha value is -2.04. The van der Waals surface area contributed by atoms with Crippen LogP contribution in [0.1, 0.15) is 18.7 Å². The maximum atomic E-state index is 5.81. The van der Waals surface area contributed by atoms with Gasteiger partial charge in [-0.15, -0.1) is 0 Å². The topological polar surface area (TPSA) is 68.2 Å². The average Bonchev–Trinajstić information content (AvgIpc) is 3.12. The van der Waals surface area contributed by atoms with E-state index in [0.717, 1.165) is 16.9 Å². The predicted molar refractivity (Wildman–Crippen MR) is 72.2 cm³/mol. The Morgan fingerprint density at radius 1 is 1.50 bits per heavy atom. The first-order valence-electron chi connectivity index (χ1n) is 6.21. The van der Waals surface area contributed by atoms with Gasteiger partial charge in [-0.25, -0.2) is 9.98 Å². The molecule has 1 aliphatic carbocycles. The highest BCUT2D eigenvalue weighted by Gasteiger charge is 2.21. The normalized spacial score (nSPS) is 16.2. The second kappa shape index (κ2) is 4.33. The Labute approximate surface area is 106 Å². The lowest BCUT2D eigenvalue weighted by molar-refractivity contribution is 0.800. The highest BCUT2D eigenvalue weighted by molar-refractivity contribution is 5.79. The summed E-state index contributed by atoms with van der Waals surface area (Å²) in [5, 5.41) is 3.17. The fraction of sp³-hybridized carbons (Fsp3) is 0.385. The highest BCUT2D eigenvalue weighted by atomic mass is 15.1. The van der Waals surface area contributed by atoms with E-state index in [1.54, 1.807) is 0 Å². The summed E-state index contributed by atoms with van der Waals surface area (Å²) in [5.74, 6) is 1.45. The molecule has 0 saturated heterocycles. The van der Waals surface area contributed by atoms with E-state index in [1.165, 1.54) is 12.8 Å². The largest absolute Gasteiger partial charge is 0.370 e. The Bertz CT molecular complexity index is 594. The van der Waals surface area contributed by atoms with Crippen LogP contribution in [-0.2, 0) is 13.6 Å². The van der Waals surface area contributed by atoms with Crippen molar-refractivity contribution in [3.63, 3.8) is 0 Å². The lowest BCUT2D eigenvalue weighted by Gasteiger charge is -2.03. The average molecular weight is 243 g/mol. The SMILES string of the molecule is Cn1c(CN=C(N)NC2CC2)nc2ccccc21. The van der Waals surface area contributed by atoms with Crippen LogP contribution in [0.25, 0.3) is 11.0 Å². The molecule has 1 saturated carbocycles. The minimum atomic E-state index is 0.511. The van der Waals surface area contributed by atoms with Gasteiger partial charge in [0.2, 0.25) is 0 Å². The van der Waals surface area contributed by atoms with Crippen molar-refractivity contribution in [2.75, 3.05) is 0 Å². The van der Waals surface area contributed by atoms with Crippen molar-refractivity contribution >= 4 is 17.0 Å². The van der Waals surface area contributed by atoms with Gasteiger partial charge in [0.15, 0.2) is 5.96 Å². The van der Waals surface area contributed by atoms with E-state index in [9.17, 15) is 0 Å². The molecular formula is C13H17N5. The Morgan fingerprint density at radius 3 is 3.00 bits per heavy atom. The summed E-state index contributed by atoms with van der Waals surface area (Å²) in [4.78, 5) is 8.88. The second-order valence-electron chi connectivity index (χ2n) is 4.70. The summed E-state index contributed by atoms with van der Waals surface area (Å²) < 4.78 is 2.06. The van der Waals surface area contributed by atoms with Gasteiger partial charge in [0.25, 0.3) is 0 Å². The molecule has 0 amide bonds. The zero-order valence-corrected chi connectivity index (χ0v) is 10.4. The summed E-state index contributed by atoms with van der Waals surface area (Å²) in [6.45, 7) is 0.511. The molecule has 0 aliphatic heterocycles. The number of benzene rings is 1. The minimum Gasteiger partial charge on any atom is -0.370 e. The van der Waals surface area contributed by atoms with Gasteiger partial charge in [0.05, 0.1) is 11.0 Å². The van der Waals surface area contributed by atoms with Crippen LogP contribution in [0.3, 0.4) is 0 Å². The van der Waals surface area contributed by atoms with Gasteiger partial charge < -0.3 is 15.6 Å². The number of imidazole rings is 1. The van der Waals surface area contributed by atoms with Crippen molar-refractivity contribution in [3.05, 3.63) is 30.1 Å². The van der Waals surface area contributed by atoms with Crippen LogP contribution in [0.5, 0.6) is 0 Å². The van der Waals surface area contributed by atoms with Crippen LogP contribution in [0.2, 0.25) is 0 Å². The van der Waals surface area contributed by atoms with Gasteiger partial charge in [-0.1, -0.05) is 12.1 Å². The number of nitrogens with zero attached hydrogens (tertiary/aromatic N) is 3. The molecule has 1 aromatic heterocycles. The second-order valence-corrected chi connectivity index (χ2v) is 4.70. The summed E-state index contributed by atoms with van der Waals surface area (Å²) in [6.07, 6.45) is 2.39. The first-order valence-corrected chi connectivity index (χ1v) is 6.21. The first-order chi connectivity index (χ1) is 8.74. The van der Waals surface area contributed by atoms with Gasteiger partial charge in [-0.05, 0) is 25.0 Å². The van der Waals surface area contributed by atoms with Crippen LogP contribution in [0, 0.1) is 0 Å². The molecule has 1 aliphatic rings. The number of guanidine groups is 1. The summed E-state index contributed by atoms with van der Waals surface area (Å²) >= 11 is 0. The number of nitrogens with two attached hydrogens (primary N) is 1. The third kappa shape index (κ3) is 2.16. The van der Waals surface area contributed by atoms with Gasteiger partial charge in [-0.3, -0.25) is 0 Å². The number of nitrogens with one attached hydrogen (secondary N) is 1. The van der Waals surface area contributed by atoms with E-state index < -0.39 is 0 Å². The van der Waals surface area contributed by atoms with Crippen molar-refractivity contribution < 1.29 is 0 Å². The van der Waals surface area contributed by atoms with E-state index in [2.05, 4.69) is 25.9 Å². The van der Waals surface area contributed by atoms with Gasteiger partial charge >= 0.3 is 0 Å². The molecule has 5 heteroatoms. The zero-order chi connectivity index (χ0) is 12.5. The van der Waals surface area contributed by atoms with E-state index in [4.69, 9.17) is 5.73 Å². The van der Waals surface area contributed by atoms with Gasteiger partial charge in [-0.2, -0.15) is 0 Å². The number of aryl methyl sites for hydroxylation is 1. The molecule has 0 unspecified atom stereocenters. The predicted octanol–water partition coefficient (Wildman–Crippen LogP) is 1.14. The number of rotatable bonds is 3. The minimum absolute atomic E-state index is 0.511. The monoisotopic (exact) mass is 243 g/mol. The first kappa shape index (κ1) is 11.1. The van der Waals surface area contributed by atoms with Crippen molar-refractivity contribution in [2.45, 2.75) is 25.4 Å². The number of fused-ring (bicyclic) bond motifs is 1. The molecule has 2 aromatic rings. The standard InChI is InChI=1S/C13H17N5/c1-18-11-5-3-2-4-10(11)17-12(18)8-15-13(14)16-9-6-7-9/h2-5,9H,6-8H2,1H3,(H3,14,15,16). The molecular weight excluding hydrogens is 226 g/mol. The molecule has 0 radical (unpaired) electrons. The molecule has 1 fully saturated rings. The third-order valence-corrected chi connectivity index (χ3v) is 3.20. The van der Waals surface area contributed by atoms with Gasteiger partial charge in [0, 0.05) is 13.1 Å². The summed E-state index contributed by atoms with van der Waals surface area (Å²) in [7, 11) is 2.00. The number of aliphatic imine (C=N–C) groups is 1. The van der Waals surface area contributed by atoms with Crippen LogP contribution < -0.4 is 11.1 Å². The van der Waals surface area contributed by atoms with Crippen molar-refractivity contribution in [3.8, 4) is 0 Å². The van der Waals surface area contributed by atoms with Crippen molar-refractivity contribution in [2.24, 2.45) is 17.8 Å². The van der Waals surface area contributed by atoms with E-state index in [-0.39, 0.29) is 0 Å². The fourth-order valence-electron chi connectivity index (χ4n) is 1.98. The molecule has 0 bridgehead atoms. The summed E-state index contributed by atoms with van der Waals surface area (Å²) in [5.41, 5.74) is 7.93. The lowest BCUT2D eigenvalue weighted by Crippen LogP contribution is -2.33. The van der Waals surface area contributed by atoms with Gasteiger partial charge in [0.1, 0.15) is 12.4 Å². The van der Waals surface area contributed by atoms with Crippen molar-refractivity contribution in [1.82, 2.24) is 14.9 Å². The zero-order valence-electron chi connectivity index (χ0n) is 10.4. The number of hydrogen-bond acceptors (Lipinski definition) is 2. The molecule has 5 nitrogen and oxygen atoms in total. The molecule has 3 rings (SSSR count). The maximum Gasteiger partial charge on any atom is 0.189 e. The number of para-hydroxylation sites is 2. The maximum absolute atomic E-state index is 5.81.